The van der Waals surface area contributed by atoms with E-state index in [1.165, 1.54) is 11.1 Å². The normalized spacial score (nSPS) is 14.6. The van der Waals surface area contributed by atoms with E-state index in [1.54, 1.807) is 0 Å². The summed E-state index contributed by atoms with van der Waals surface area (Å²) in [5.41, 5.74) is 3.00. The molecule has 2 heteroatoms. The van der Waals surface area contributed by atoms with Crippen LogP contribution in [-0.2, 0) is 12.8 Å². The van der Waals surface area contributed by atoms with E-state index in [9.17, 15) is 0 Å². The van der Waals surface area contributed by atoms with Crippen molar-refractivity contribution in [2.24, 2.45) is 5.92 Å². The van der Waals surface area contributed by atoms with E-state index in [1.807, 2.05) is 12.3 Å². The Morgan fingerprint density at radius 1 is 1.05 bits per heavy atom. The van der Waals surface area contributed by atoms with E-state index in [4.69, 9.17) is 0 Å². The maximum Gasteiger partial charge on any atom is 0.128 e. The number of anilines is 1. The standard InChI is InChI=1S/C18H22N2/c1-14(2)13-20(18-9-5-6-10-19-18)17-11-15-7-3-4-8-16(15)12-17/h3-10,14,17H,11-13H2,1-2H3. The van der Waals surface area contributed by atoms with E-state index in [-0.39, 0.29) is 0 Å². The number of hydrogen-bond donors (Lipinski definition) is 0. The van der Waals surface area contributed by atoms with Gasteiger partial charge in [0, 0.05) is 18.8 Å². The minimum atomic E-state index is 0.546. The molecule has 104 valence electrons. The molecule has 3 rings (SSSR count). The maximum atomic E-state index is 4.57. The Bertz CT molecular complexity index is 538. The molecule has 0 saturated carbocycles. The molecule has 1 aliphatic carbocycles. The van der Waals surface area contributed by atoms with Crippen LogP contribution in [0.3, 0.4) is 0 Å². The van der Waals surface area contributed by atoms with E-state index in [0.717, 1.165) is 25.2 Å². The Labute approximate surface area is 121 Å². The van der Waals surface area contributed by atoms with Gasteiger partial charge in [-0.05, 0) is 42.0 Å². The molecule has 1 heterocycles. The number of rotatable bonds is 4. The van der Waals surface area contributed by atoms with Crippen LogP contribution in [0.15, 0.2) is 48.7 Å². The summed E-state index contributed by atoms with van der Waals surface area (Å²) < 4.78 is 0. The van der Waals surface area contributed by atoms with Gasteiger partial charge in [0.15, 0.2) is 0 Å². The molecule has 1 aromatic heterocycles. The third kappa shape index (κ3) is 2.69. The minimum Gasteiger partial charge on any atom is -0.353 e. The van der Waals surface area contributed by atoms with Crippen LogP contribution in [0, 0.1) is 5.92 Å². The van der Waals surface area contributed by atoms with Gasteiger partial charge in [0.1, 0.15) is 5.82 Å². The minimum absolute atomic E-state index is 0.546. The third-order valence-electron chi connectivity index (χ3n) is 3.98. The molecular weight excluding hydrogens is 244 g/mol. The van der Waals surface area contributed by atoms with Crippen molar-refractivity contribution in [2.75, 3.05) is 11.4 Å². The molecule has 0 bridgehead atoms. The fourth-order valence-electron chi connectivity index (χ4n) is 3.10. The van der Waals surface area contributed by atoms with Gasteiger partial charge >= 0.3 is 0 Å². The lowest BCUT2D eigenvalue weighted by molar-refractivity contribution is 0.536. The summed E-state index contributed by atoms with van der Waals surface area (Å²) in [4.78, 5) is 7.06. The van der Waals surface area contributed by atoms with Gasteiger partial charge in [-0.25, -0.2) is 4.98 Å². The van der Waals surface area contributed by atoms with Gasteiger partial charge < -0.3 is 4.90 Å². The number of fused-ring (bicyclic) bond motifs is 1. The SMILES string of the molecule is CC(C)CN(c1ccccn1)C1Cc2ccccc2C1. The molecule has 0 aliphatic heterocycles. The van der Waals surface area contributed by atoms with Gasteiger partial charge in [-0.1, -0.05) is 44.2 Å². The van der Waals surface area contributed by atoms with Crippen LogP contribution in [0.5, 0.6) is 0 Å². The molecule has 20 heavy (non-hydrogen) atoms. The number of benzene rings is 1. The van der Waals surface area contributed by atoms with Crippen molar-refractivity contribution in [1.29, 1.82) is 0 Å². The molecule has 0 saturated heterocycles. The smallest absolute Gasteiger partial charge is 0.128 e. The van der Waals surface area contributed by atoms with Crippen molar-refractivity contribution in [3.8, 4) is 0 Å². The van der Waals surface area contributed by atoms with Crippen LogP contribution in [0.4, 0.5) is 5.82 Å². The van der Waals surface area contributed by atoms with Crippen LogP contribution >= 0.6 is 0 Å². The van der Waals surface area contributed by atoms with Crippen molar-refractivity contribution in [1.82, 2.24) is 4.98 Å². The molecule has 0 atom stereocenters. The second-order valence-electron chi connectivity index (χ2n) is 6.06. The highest BCUT2D eigenvalue weighted by Crippen LogP contribution is 2.28. The average Bonchev–Trinajstić information content (AvgIpc) is 2.89. The zero-order chi connectivity index (χ0) is 13.9. The monoisotopic (exact) mass is 266 g/mol. The van der Waals surface area contributed by atoms with Gasteiger partial charge in [-0.3, -0.25) is 0 Å². The second kappa shape index (κ2) is 5.66. The summed E-state index contributed by atoms with van der Waals surface area (Å²) in [5, 5.41) is 0. The second-order valence-corrected chi connectivity index (χ2v) is 6.06. The molecule has 1 aliphatic rings. The molecule has 0 amide bonds. The number of aromatic nitrogens is 1. The predicted octanol–water partition coefficient (Wildman–Crippen LogP) is 3.71. The number of pyridine rings is 1. The van der Waals surface area contributed by atoms with E-state index < -0.39 is 0 Å². The first-order chi connectivity index (χ1) is 9.74. The van der Waals surface area contributed by atoms with Crippen LogP contribution in [0.25, 0.3) is 0 Å². The van der Waals surface area contributed by atoms with Gasteiger partial charge in [0.25, 0.3) is 0 Å². The van der Waals surface area contributed by atoms with E-state index in [2.05, 4.69) is 60.1 Å². The van der Waals surface area contributed by atoms with Crippen molar-refractivity contribution < 1.29 is 0 Å². The molecule has 1 aromatic carbocycles. The largest absolute Gasteiger partial charge is 0.353 e. The van der Waals surface area contributed by atoms with Crippen LogP contribution < -0.4 is 4.90 Å². The topological polar surface area (TPSA) is 16.1 Å². The predicted molar refractivity (Wildman–Crippen MR) is 84.1 cm³/mol. The van der Waals surface area contributed by atoms with Crippen LogP contribution in [0.1, 0.15) is 25.0 Å². The maximum absolute atomic E-state index is 4.57. The lowest BCUT2D eigenvalue weighted by Gasteiger charge is -2.31. The van der Waals surface area contributed by atoms with Gasteiger partial charge in [-0.15, -0.1) is 0 Å². The summed E-state index contributed by atoms with van der Waals surface area (Å²) in [6, 6.07) is 15.6. The Hall–Kier alpha value is -1.83. The lowest BCUT2D eigenvalue weighted by atomic mass is 10.1. The highest BCUT2D eigenvalue weighted by atomic mass is 15.2. The van der Waals surface area contributed by atoms with Crippen molar-refractivity contribution >= 4 is 5.82 Å². The highest BCUT2D eigenvalue weighted by molar-refractivity contribution is 5.44. The van der Waals surface area contributed by atoms with Crippen LogP contribution in [0.2, 0.25) is 0 Å². The molecule has 2 nitrogen and oxygen atoms in total. The fraction of sp³-hybridized carbons (Fsp3) is 0.389. The summed E-state index contributed by atoms with van der Waals surface area (Å²) in [6.07, 6.45) is 4.17. The third-order valence-corrected chi connectivity index (χ3v) is 3.98. The van der Waals surface area contributed by atoms with Crippen molar-refractivity contribution in [3.63, 3.8) is 0 Å². The Kier molecular flexibility index (Phi) is 3.72. The Morgan fingerprint density at radius 3 is 2.25 bits per heavy atom. The Balaban J connectivity index is 1.85. The zero-order valence-electron chi connectivity index (χ0n) is 12.3. The van der Waals surface area contributed by atoms with Gasteiger partial charge in [0.2, 0.25) is 0 Å². The van der Waals surface area contributed by atoms with Gasteiger partial charge in [0.05, 0.1) is 0 Å². The average molecular weight is 266 g/mol. The Morgan fingerprint density at radius 2 is 1.70 bits per heavy atom. The van der Waals surface area contributed by atoms with Crippen LogP contribution in [-0.4, -0.2) is 17.6 Å². The molecule has 0 radical (unpaired) electrons. The fourth-order valence-corrected chi connectivity index (χ4v) is 3.10. The first-order valence-corrected chi connectivity index (χ1v) is 7.48. The summed E-state index contributed by atoms with van der Waals surface area (Å²) in [7, 11) is 0. The summed E-state index contributed by atoms with van der Waals surface area (Å²) in [5.74, 6) is 1.75. The first-order valence-electron chi connectivity index (χ1n) is 7.48. The lowest BCUT2D eigenvalue weighted by Crippen LogP contribution is -2.39. The molecule has 0 N–H and O–H groups in total. The zero-order valence-corrected chi connectivity index (χ0v) is 12.3. The molecule has 2 aromatic rings. The van der Waals surface area contributed by atoms with E-state index >= 15 is 0 Å². The molecule has 0 spiro atoms. The molecule has 0 unspecified atom stereocenters. The summed E-state index contributed by atoms with van der Waals surface area (Å²) >= 11 is 0. The molecular formula is C18H22N2. The van der Waals surface area contributed by atoms with Gasteiger partial charge in [-0.2, -0.15) is 0 Å². The van der Waals surface area contributed by atoms with Crippen molar-refractivity contribution in [3.05, 3.63) is 59.8 Å². The van der Waals surface area contributed by atoms with Crippen molar-refractivity contribution in [2.45, 2.75) is 32.7 Å². The van der Waals surface area contributed by atoms with E-state index in [0.29, 0.717) is 12.0 Å². The first kappa shape index (κ1) is 13.2. The quantitative estimate of drug-likeness (QED) is 0.838. The number of nitrogens with zero attached hydrogens (tertiary/aromatic N) is 2. The highest BCUT2D eigenvalue weighted by Gasteiger charge is 2.27. The summed E-state index contributed by atoms with van der Waals surface area (Å²) in [6.45, 7) is 5.62. The molecule has 0 fully saturated rings. The number of hydrogen-bond acceptors (Lipinski definition) is 2.